The minimum atomic E-state index is -0.428. The number of carbonyl (C=O) groups excluding carboxylic acids is 2. The third-order valence-corrected chi connectivity index (χ3v) is 2.19. The summed E-state index contributed by atoms with van der Waals surface area (Å²) in [5, 5.41) is 2.62. The minimum absolute atomic E-state index is 0.0499. The number of carbonyl (C=O) groups is 2. The van der Waals surface area contributed by atoms with E-state index in [2.05, 4.69) is 11.2 Å². The lowest BCUT2D eigenvalue weighted by atomic mass is 10.3. The topological polar surface area (TPSA) is 49.4 Å². The number of hydrogen-bond acceptors (Lipinski definition) is 2. The van der Waals surface area contributed by atoms with Crippen molar-refractivity contribution in [1.29, 1.82) is 0 Å². The van der Waals surface area contributed by atoms with Crippen LogP contribution in [0.1, 0.15) is 19.8 Å². The second kappa shape index (κ2) is 4.66. The maximum Gasteiger partial charge on any atom is 0.244 e. The summed E-state index contributed by atoms with van der Waals surface area (Å²) in [6.07, 6.45) is 6.02. The minimum Gasteiger partial charge on any atom is -0.345 e. The van der Waals surface area contributed by atoms with Crippen LogP contribution in [0.25, 0.3) is 0 Å². The first-order valence-electron chi connectivity index (χ1n) is 4.66. The zero-order chi connectivity index (χ0) is 10.6. The molecule has 1 aliphatic heterocycles. The van der Waals surface area contributed by atoms with Gasteiger partial charge in [0, 0.05) is 25.9 Å². The van der Waals surface area contributed by atoms with Gasteiger partial charge in [-0.2, -0.15) is 0 Å². The Bertz CT molecular complexity index is 280. The Kier molecular flexibility index (Phi) is 3.52. The molecule has 4 nitrogen and oxygen atoms in total. The maximum atomic E-state index is 11.6. The summed E-state index contributed by atoms with van der Waals surface area (Å²) in [6.45, 7) is 2.69. The molecule has 14 heavy (non-hydrogen) atoms. The van der Waals surface area contributed by atoms with Crippen LogP contribution in [0.15, 0.2) is 0 Å². The van der Waals surface area contributed by atoms with Crippen LogP contribution in [0.3, 0.4) is 0 Å². The van der Waals surface area contributed by atoms with Gasteiger partial charge >= 0.3 is 0 Å². The third-order valence-electron chi connectivity index (χ3n) is 2.19. The standard InChI is InChI=1S/C10H14N2O2/c1-3-4-6-12-7-5-9(13)11-8(2)10(12)14/h1,8H,4-7H2,2H3,(H,11,13). The predicted octanol–water partition coefficient (Wildman–Crippen LogP) is -0.253. The summed E-state index contributed by atoms with van der Waals surface area (Å²) in [6, 6.07) is -0.428. The average Bonchev–Trinajstić information content (AvgIpc) is 2.26. The summed E-state index contributed by atoms with van der Waals surface area (Å²) >= 11 is 0. The Balaban J connectivity index is 2.61. The highest BCUT2D eigenvalue weighted by Gasteiger charge is 2.25. The Labute approximate surface area is 83.6 Å². The van der Waals surface area contributed by atoms with Crippen molar-refractivity contribution in [1.82, 2.24) is 10.2 Å². The SMILES string of the molecule is C#CCCN1CCC(=O)NC(C)C1=O. The van der Waals surface area contributed by atoms with Crippen molar-refractivity contribution in [3.63, 3.8) is 0 Å². The molecule has 1 fully saturated rings. The molecule has 1 unspecified atom stereocenters. The zero-order valence-corrected chi connectivity index (χ0v) is 8.25. The quantitative estimate of drug-likeness (QED) is 0.616. The van der Waals surface area contributed by atoms with Crippen LogP contribution in [0, 0.1) is 12.3 Å². The van der Waals surface area contributed by atoms with Crippen molar-refractivity contribution in [2.75, 3.05) is 13.1 Å². The molecule has 1 N–H and O–H groups in total. The molecule has 1 aliphatic rings. The van der Waals surface area contributed by atoms with Crippen LogP contribution in [-0.2, 0) is 9.59 Å². The average molecular weight is 194 g/mol. The Morgan fingerprint density at radius 1 is 1.64 bits per heavy atom. The fraction of sp³-hybridized carbons (Fsp3) is 0.600. The van der Waals surface area contributed by atoms with Gasteiger partial charge < -0.3 is 10.2 Å². The van der Waals surface area contributed by atoms with Crippen molar-refractivity contribution in [2.45, 2.75) is 25.8 Å². The van der Waals surface area contributed by atoms with Crippen LogP contribution in [0.4, 0.5) is 0 Å². The summed E-state index contributed by atoms with van der Waals surface area (Å²) in [5.41, 5.74) is 0. The van der Waals surface area contributed by atoms with E-state index in [0.29, 0.717) is 25.9 Å². The van der Waals surface area contributed by atoms with Crippen molar-refractivity contribution in [2.24, 2.45) is 0 Å². The highest BCUT2D eigenvalue weighted by Crippen LogP contribution is 2.03. The summed E-state index contributed by atoms with van der Waals surface area (Å²) in [4.78, 5) is 24.4. The Hall–Kier alpha value is -1.50. The number of terminal acetylenes is 1. The molecule has 4 heteroatoms. The first kappa shape index (κ1) is 10.6. The second-order valence-electron chi connectivity index (χ2n) is 3.32. The molecule has 0 spiro atoms. The van der Waals surface area contributed by atoms with E-state index < -0.39 is 6.04 Å². The molecule has 1 atom stereocenters. The normalized spacial score (nSPS) is 22.6. The van der Waals surface area contributed by atoms with Gasteiger partial charge in [-0.1, -0.05) is 0 Å². The molecule has 0 aromatic rings. The van der Waals surface area contributed by atoms with E-state index in [1.54, 1.807) is 11.8 Å². The zero-order valence-electron chi connectivity index (χ0n) is 8.25. The van der Waals surface area contributed by atoms with E-state index in [1.165, 1.54) is 0 Å². The maximum absolute atomic E-state index is 11.6. The van der Waals surface area contributed by atoms with Gasteiger partial charge in [-0.05, 0) is 6.92 Å². The fourth-order valence-corrected chi connectivity index (χ4v) is 1.42. The van der Waals surface area contributed by atoms with Gasteiger partial charge in [0.25, 0.3) is 0 Å². The first-order chi connectivity index (χ1) is 6.65. The largest absolute Gasteiger partial charge is 0.345 e. The van der Waals surface area contributed by atoms with E-state index in [0.717, 1.165) is 0 Å². The Morgan fingerprint density at radius 3 is 3.00 bits per heavy atom. The van der Waals surface area contributed by atoms with Crippen LogP contribution in [-0.4, -0.2) is 35.8 Å². The molecule has 1 rings (SSSR count). The van der Waals surface area contributed by atoms with Crippen LogP contribution >= 0.6 is 0 Å². The molecule has 76 valence electrons. The Morgan fingerprint density at radius 2 is 2.36 bits per heavy atom. The van der Waals surface area contributed by atoms with Gasteiger partial charge in [0.15, 0.2) is 0 Å². The third kappa shape index (κ3) is 2.49. The lowest BCUT2D eigenvalue weighted by molar-refractivity contribution is -0.133. The molecule has 1 heterocycles. The molecule has 0 aromatic heterocycles. The van der Waals surface area contributed by atoms with E-state index in [4.69, 9.17) is 6.42 Å². The molecule has 2 amide bonds. The number of hydrogen-bond donors (Lipinski definition) is 1. The molecule has 0 bridgehead atoms. The lowest BCUT2D eigenvalue weighted by Crippen LogP contribution is -2.42. The summed E-state index contributed by atoms with van der Waals surface area (Å²) in [5.74, 6) is 2.36. The summed E-state index contributed by atoms with van der Waals surface area (Å²) in [7, 11) is 0. The number of nitrogens with one attached hydrogen (secondary N) is 1. The molecule has 0 saturated carbocycles. The van der Waals surface area contributed by atoms with Gasteiger partial charge in [-0.25, -0.2) is 0 Å². The van der Waals surface area contributed by atoms with E-state index >= 15 is 0 Å². The van der Waals surface area contributed by atoms with Crippen LogP contribution in [0.5, 0.6) is 0 Å². The molecule has 0 aliphatic carbocycles. The monoisotopic (exact) mass is 194 g/mol. The van der Waals surface area contributed by atoms with Gasteiger partial charge in [0.05, 0.1) is 0 Å². The van der Waals surface area contributed by atoms with Gasteiger partial charge in [-0.3, -0.25) is 9.59 Å². The van der Waals surface area contributed by atoms with Crippen molar-refractivity contribution < 1.29 is 9.59 Å². The number of rotatable bonds is 2. The lowest BCUT2D eigenvalue weighted by Gasteiger charge is -2.20. The molecule has 1 saturated heterocycles. The smallest absolute Gasteiger partial charge is 0.244 e. The highest BCUT2D eigenvalue weighted by atomic mass is 16.2. The van der Waals surface area contributed by atoms with Gasteiger partial charge in [0.1, 0.15) is 6.04 Å². The number of amides is 2. The van der Waals surface area contributed by atoms with E-state index in [-0.39, 0.29) is 11.8 Å². The first-order valence-corrected chi connectivity index (χ1v) is 4.66. The van der Waals surface area contributed by atoms with E-state index in [1.807, 2.05) is 0 Å². The molecular weight excluding hydrogens is 180 g/mol. The van der Waals surface area contributed by atoms with Crippen LogP contribution < -0.4 is 5.32 Å². The summed E-state index contributed by atoms with van der Waals surface area (Å²) < 4.78 is 0. The van der Waals surface area contributed by atoms with E-state index in [9.17, 15) is 9.59 Å². The predicted molar refractivity (Wildman–Crippen MR) is 52.3 cm³/mol. The highest BCUT2D eigenvalue weighted by molar-refractivity contribution is 5.89. The van der Waals surface area contributed by atoms with Crippen molar-refractivity contribution >= 4 is 11.8 Å². The second-order valence-corrected chi connectivity index (χ2v) is 3.32. The molecule has 0 radical (unpaired) electrons. The molecule has 0 aromatic carbocycles. The van der Waals surface area contributed by atoms with Gasteiger partial charge in [-0.15, -0.1) is 12.3 Å². The molecular formula is C10H14N2O2. The fourth-order valence-electron chi connectivity index (χ4n) is 1.42. The van der Waals surface area contributed by atoms with Gasteiger partial charge in [0.2, 0.25) is 11.8 Å². The van der Waals surface area contributed by atoms with Crippen LogP contribution in [0.2, 0.25) is 0 Å². The van der Waals surface area contributed by atoms with Crippen molar-refractivity contribution in [3.05, 3.63) is 0 Å². The van der Waals surface area contributed by atoms with Crippen molar-refractivity contribution in [3.8, 4) is 12.3 Å². The number of nitrogens with zero attached hydrogens (tertiary/aromatic N) is 1.